The van der Waals surface area contributed by atoms with Crippen molar-refractivity contribution in [2.24, 2.45) is 0 Å². The number of unbranched alkanes of at least 4 members (excludes halogenated alkanes) is 26. The minimum absolute atomic E-state index is 0. The van der Waals surface area contributed by atoms with Crippen LogP contribution in [0.3, 0.4) is 0 Å². The van der Waals surface area contributed by atoms with Crippen molar-refractivity contribution in [1.82, 2.24) is 0 Å². The van der Waals surface area contributed by atoms with E-state index in [0.29, 0.717) is 0 Å². The monoisotopic (exact) mass is 785 g/mol. The number of nitrogens with zero attached hydrogens (tertiary/aromatic N) is 2. The summed E-state index contributed by atoms with van der Waals surface area (Å²) in [5.41, 5.74) is 2.87. The van der Waals surface area contributed by atoms with Gasteiger partial charge in [0.1, 0.15) is 13.1 Å². The zero-order chi connectivity index (χ0) is 39.3. The molecule has 56 heavy (non-hydrogen) atoms. The second kappa shape index (κ2) is 39.8. The first-order valence-corrected chi connectivity index (χ1v) is 23.7. The largest absolute Gasteiger partial charge is 1.00 e. The van der Waals surface area contributed by atoms with Crippen LogP contribution in [0, 0.1) is 0 Å². The topological polar surface area (TPSA) is 0 Å². The fourth-order valence-corrected chi connectivity index (χ4v) is 8.83. The molecule has 0 aliphatic heterocycles. The van der Waals surface area contributed by atoms with Crippen LogP contribution in [0.1, 0.15) is 205 Å². The molecule has 0 heterocycles. The van der Waals surface area contributed by atoms with Gasteiger partial charge in [-0.25, -0.2) is 0 Å². The third-order valence-electron chi connectivity index (χ3n) is 12.1. The van der Waals surface area contributed by atoms with E-state index >= 15 is 0 Å². The molecule has 0 fully saturated rings. The second-order valence-corrected chi connectivity index (χ2v) is 17.3. The molecule has 0 saturated heterocycles. The molecule has 1 rings (SSSR count). The Bertz CT molecular complexity index is 917. The van der Waals surface area contributed by atoms with E-state index in [9.17, 15) is 0 Å². The molecule has 326 valence electrons. The third kappa shape index (κ3) is 29.2. The van der Waals surface area contributed by atoms with E-state index in [-0.39, 0.29) is 9.41 Å². The van der Waals surface area contributed by atoms with Gasteiger partial charge in [-0.15, -0.1) is 0 Å². The van der Waals surface area contributed by atoms with E-state index in [4.69, 9.17) is 0 Å². The van der Waals surface area contributed by atoms with Gasteiger partial charge in [-0.05, 0) is 50.0 Å². The highest BCUT2D eigenvalue weighted by Crippen LogP contribution is 2.23. The Morgan fingerprint density at radius 2 is 0.536 bits per heavy atom. The highest BCUT2D eigenvalue weighted by molar-refractivity contribution is 5.21. The molecular weight excluding hydrogens is 691 g/mol. The van der Waals surface area contributed by atoms with Crippen molar-refractivity contribution in [2.75, 3.05) is 39.3 Å². The first-order valence-electron chi connectivity index (χ1n) is 23.7. The average molecular weight is 785 g/mol. The van der Waals surface area contributed by atoms with Gasteiger partial charge in [0.15, 0.2) is 0 Å². The summed E-state index contributed by atoms with van der Waals surface area (Å²) >= 11 is 0. The second-order valence-electron chi connectivity index (χ2n) is 17.3. The Hall–Kier alpha value is -2.04. The Kier molecular flexibility index (Phi) is 39.8. The first kappa shape index (κ1) is 56.1. The van der Waals surface area contributed by atoms with Crippen LogP contribution in [0.2, 0.25) is 0 Å². The van der Waals surface area contributed by atoms with E-state index in [1.165, 1.54) is 204 Å². The first-order chi connectivity index (χ1) is 26.5. The lowest BCUT2D eigenvalue weighted by atomic mass is 10.0. The summed E-state index contributed by atoms with van der Waals surface area (Å²) < 4.78 is 2.08. The lowest BCUT2D eigenvalue weighted by molar-refractivity contribution is -0.930. The number of hydrogen-bond acceptors (Lipinski definition) is 0. The molecule has 2 nitrogen and oxygen atoms in total. The van der Waals surface area contributed by atoms with Crippen LogP contribution in [0.15, 0.2) is 74.9 Å². The summed E-state index contributed by atoms with van der Waals surface area (Å²) in [6.07, 6.45) is 47.9. The summed E-state index contributed by atoms with van der Waals surface area (Å²) in [6, 6.07) is 9.62. The molecule has 0 aromatic heterocycles. The summed E-state index contributed by atoms with van der Waals surface area (Å²) in [5, 5.41) is 0. The fraction of sp³-hybridized carbons (Fsp3) is 0.731. The molecule has 0 spiro atoms. The number of hydrogen-bond donors (Lipinski definition) is 0. The van der Waals surface area contributed by atoms with Gasteiger partial charge in [-0.2, -0.15) is 0 Å². The lowest BCUT2D eigenvalue weighted by Crippen LogP contribution is -3.00. The maximum absolute atomic E-state index is 4.18. The van der Waals surface area contributed by atoms with Crippen LogP contribution in [0.4, 0.5) is 0 Å². The molecular formula is C52H94F2N2. The highest BCUT2D eigenvalue weighted by Gasteiger charge is 2.27. The molecule has 0 bridgehead atoms. The Morgan fingerprint density at radius 1 is 0.339 bits per heavy atom. The van der Waals surface area contributed by atoms with Crippen molar-refractivity contribution < 1.29 is 18.4 Å². The van der Waals surface area contributed by atoms with Gasteiger partial charge >= 0.3 is 0 Å². The Labute approximate surface area is 349 Å². The lowest BCUT2D eigenvalue weighted by Gasteiger charge is -2.38. The van der Waals surface area contributed by atoms with Crippen molar-refractivity contribution in [3.05, 3.63) is 86.0 Å². The molecule has 0 radical (unpaired) electrons. The molecule has 0 atom stereocenters. The smallest absolute Gasteiger partial charge is 0.105 e. The van der Waals surface area contributed by atoms with Crippen LogP contribution >= 0.6 is 0 Å². The van der Waals surface area contributed by atoms with Gasteiger partial charge in [-0.3, -0.25) is 0 Å². The average Bonchev–Trinajstić information content (AvgIpc) is 3.16. The predicted octanol–water partition coefficient (Wildman–Crippen LogP) is 10.0. The molecule has 1 aromatic carbocycles. The summed E-state index contributed by atoms with van der Waals surface area (Å²) in [6.45, 7) is 29.8. The van der Waals surface area contributed by atoms with Gasteiger partial charge in [0.05, 0.1) is 39.3 Å². The molecule has 0 amide bonds. The van der Waals surface area contributed by atoms with Crippen LogP contribution in [-0.2, 0) is 13.1 Å². The van der Waals surface area contributed by atoms with Gasteiger partial charge in [-0.1, -0.05) is 219 Å². The van der Waals surface area contributed by atoms with Gasteiger partial charge in [0.2, 0.25) is 0 Å². The van der Waals surface area contributed by atoms with E-state index in [0.717, 1.165) is 48.2 Å². The normalized spacial score (nSPS) is 11.5. The Morgan fingerprint density at radius 3 is 0.732 bits per heavy atom. The standard InChI is InChI=1S/C52H94N2.2FH/c1-7-13-15-17-19-21-23-25-27-29-31-33-35-37-47-53(43-9-3,44-10-4)49-51-39-41-52(42-40-51)50-54(45-11-5,46-12-6)48-38-36-34-32-30-28-26-24-22-20-18-16-14-8-2;;/h9-12,39-42H,3-8,13-38,43-50H2,1-2H3;2*1H/q+2;;/p-2. The summed E-state index contributed by atoms with van der Waals surface area (Å²) in [5.74, 6) is 0. The van der Waals surface area contributed by atoms with Crippen molar-refractivity contribution in [1.29, 1.82) is 0 Å². The quantitative estimate of drug-likeness (QED) is 0.0352. The van der Waals surface area contributed by atoms with Crippen LogP contribution in [-0.4, -0.2) is 48.2 Å². The van der Waals surface area contributed by atoms with Crippen molar-refractivity contribution in [3.63, 3.8) is 0 Å². The zero-order valence-electron chi connectivity index (χ0n) is 37.6. The number of rotatable bonds is 42. The maximum Gasteiger partial charge on any atom is 0.105 e. The minimum Gasteiger partial charge on any atom is -1.00 e. The predicted molar refractivity (Wildman–Crippen MR) is 245 cm³/mol. The van der Waals surface area contributed by atoms with E-state index in [1.54, 1.807) is 0 Å². The number of benzene rings is 1. The van der Waals surface area contributed by atoms with Gasteiger partial charge in [0, 0.05) is 11.1 Å². The Balaban J connectivity index is 0. The van der Waals surface area contributed by atoms with Crippen LogP contribution in [0.5, 0.6) is 0 Å². The molecule has 0 N–H and O–H groups in total. The molecule has 0 unspecified atom stereocenters. The number of quaternary nitrogens is 2. The van der Waals surface area contributed by atoms with E-state index in [1.807, 2.05) is 0 Å². The van der Waals surface area contributed by atoms with E-state index < -0.39 is 0 Å². The molecule has 4 heteroatoms. The highest BCUT2D eigenvalue weighted by atomic mass is 19.0. The van der Waals surface area contributed by atoms with E-state index in [2.05, 4.69) is 88.7 Å². The van der Waals surface area contributed by atoms with Crippen LogP contribution in [0.25, 0.3) is 0 Å². The van der Waals surface area contributed by atoms with Crippen molar-refractivity contribution in [3.8, 4) is 0 Å². The summed E-state index contributed by atoms with van der Waals surface area (Å²) in [7, 11) is 0. The van der Waals surface area contributed by atoms with Crippen molar-refractivity contribution in [2.45, 2.75) is 207 Å². The maximum atomic E-state index is 4.18. The third-order valence-corrected chi connectivity index (χ3v) is 12.1. The fourth-order valence-electron chi connectivity index (χ4n) is 8.83. The zero-order valence-corrected chi connectivity index (χ0v) is 37.6. The van der Waals surface area contributed by atoms with Crippen molar-refractivity contribution >= 4 is 0 Å². The van der Waals surface area contributed by atoms with Gasteiger partial charge < -0.3 is 18.4 Å². The molecule has 1 aromatic rings. The number of halogens is 2. The SMILES string of the molecule is C=CC[N+](CC=C)(CCCCCCCCCCCCCCCC)Cc1ccc(C[N+](CC=C)(CC=C)CCCCCCCCCCCCCCCC)cc1.[F-].[F-]. The van der Waals surface area contributed by atoms with Gasteiger partial charge in [0.25, 0.3) is 0 Å². The minimum atomic E-state index is 0. The molecule has 0 saturated carbocycles. The molecule has 0 aliphatic carbocycles. The van der Waals surface area contributed by atoms with Crippen LogP contribution < -0.4 is 9.41 Å². The molecule has 0 aliphatic rings. The summed E-state index contributed by atoms with van der Waals surface area (Å²) in [4.78, 5) is 0.